The van der Waals surface area contributed by atoms with Gasteiger partial charge in [0.25, 0.3) is 5.69 Å². The summed E-state index contributed by atoms with van der Waals surface area (Å²) in [4.78, 5) is 23.1. The van der Waals surface area contributed by atoms with Gasteiger partial charge in [-0.15, -0.1) is 0 Å². The maximum Gasteiger partial charge on any atom is 0.340 e. The number of benzene rings is 1. The monoisotopic (exact) mass is 371 g/mol. The molecule has 1 atom stereocenters. The molecule has 0 bridgehead atoms. The fourth-order valence-corrected chi connectivity index (χ4v) is 2.89. The van der Waals surface area contributed by atoms with Crippen molar-refractivity contribution in [2.45, 2.75) is 33.6 Å². The highest BCUT2D eigenvalue weighted by Gasteiger charge is 2.41. The minimum atomic E-state index is -0.920. The average molecular weight is 371 g/mol. The first-order valence-electron chi connectivity index (χ1n) is 8.35. The summed E-state index contributed by atoms with van der Waals surface area (Å²) < 4.78 is 10.7. The number of rotatable bonds is 4. The topological polar surface area (TPSA) is 128 Å². The van der Waals surface area contributed by atoms with E-state index in [9.17, 15) is 20.2 Å². The van der Waals surface area contributed by atoms with Gasteiger partial charge in [0.2, 0.25) is 5.88 Å². The van der Waals surface area contributed by atoms with E-state index in [1.807, 2.05) is 20.8 Å². The van der Waals surface area contributed by atoms with Crippen molar-refractivity contribution >= 4 is 11.7 Å². The lowest BCUT2D eigenvalue weighted by Gasteiger charge is -2.33. The lowest BCUT2D eigenvalue weighted by molar-refractivity contribution is -0.384. The number of carbonyl (C=O) groups is 1. The summed E-state index contributed by atoms with van der Waals surface area (Å²) >= 11 is 0. The number of nitrogens with zero attached hydrogens (tertiary/aromatic N) is 2. The number of nitro groups is 1. The number of hydrogen-bond acceptors (Lipinski definition) is 7. The number of nitrogens with two attached hydrogens (primary N) is 1. The number of nitro benzene ring substituents is 1. The highest BCUT2D eigenvalue weighted by atomic mass is 16.6. The van der Waals surface area contributed by atoms with Crippen LogP contribution < -0.4 is 5.73 Å². The smallest absolute Gasteiger partial charge is 0.340 e. The van der Waals surface area contributed by atoms with E-state index < -0.39 is 22.2 Å². The summed E-state index contributed by atoms with van der Waals surface area (Å²) in [5.74, 6) is -1.51. The minimum Gasteiger partial charge on any atom is -0.462 e. The van der Waals surface area contributed by atoms with Crippen LogP contribution in [0.3, 0.4) is 0 Å². The van der Waals surface area contributed by atoms with Gasteiger partial charge in [-0.3, -0.25) is 10.1 Å². The molecule has 0 radical (unpaired) electrons. The van der Waals surface area contributed by atoms with Crippen molar-refractivity contribution in [1.29, 1.82) is 5.26 Å². The van der Waals surface area contributed by atoms with Crippen LogP contribution in [0.4, 0.5) is 5.69 Å². The molecular weight excluding hydrogens is 350 g/mol. The number of nitriles is 1. The number of ether oxygens (including phenoxy) is 2. The van der Waals surface area contributed by atoms with E-state index >= 15 is 0 Å². The molecule has 8 heteroatoms. The van der Waals surface area contributed by atoms with E-state index in [4.69, 9.17) is 15.2 Å². The van der Waals surface area contributed by atoms with Gasteiger partial charge in [-0.1, -0.05) is 32.9 Å². The summed E-state index contributed by atoms with van der Waals surface area (Å²) in [6.45, 7) is 7.27. The molecule has 2 N–H and O–H groups in total. The van der Waals surface area contributed by atoms with Crippen molar-refractivity contribution in [2.75, 3.05) is 6.61 Å². The molecule has 27 heavy (non-hydrogen) atoms. The second-order valence-electron chi connectivity index (χ2n) is 6.99. The van der Waals surface area contributed by atoms with Crippen LogP contribution in [-0.4, -0.2) is 17.5 Å². The number of carbonyl (C=O) groups excluding carboxylic acids is 1. The van der Waals surface area contributed by atoms with Crippen LogP contribution in [0.5, 0.6) is 0 Å². The van der Waals surface area contributed by atoms with Crippen LogP contribution in [0.1, 0.15) is 39.2 Å². The first-order chi connectivity index (χ1) is 12.6. The van der Waals surface area contributed by atoms with Crippen molar-refractivity contribution in [3.05, 3.63) is 62.7 Å². The number of non-ortho nitro benzene ring substituents is 1. The summed E-state index contributed by atoms with van der Waals surface area (Å²) in [7, 11) is 0. The molecule has 1 heterocycles. The summed E-state index contributed by atoms with van der Waals surface area (Å²) in [6.07, 6.45) is 0. The molecule has 142 valence electrons. The molecule has 2 rings (SSSR count). The van der Waals surface area contributed by atoms with Crippen LogP contribution in [0, 0.1) is 26.9 Å². The SMILES string of the molecule is CCOC(=O)C1=C(N)OC(C(C)(C)C)=C(C#N)C1c1cccc([N+](=O)[O-])c1. The van der Waals surface area contributed by atoms with Crippen LogP contribution in [-0.2, 0) is 14.3 Å². The normalized spacial score (nSPS) is 17.2. The molecule has 1 aliphatic rings. The molecule has 0 aliphatic carbocycles. The Morgan fingerprint density at radius 1 is 1.44 bits per heavy atom. The Bertz CT molecular complexity index is 887. The first-order valence-corrected chi connectivity index (χ1v) is 8.35. The Labute approximate surface area is 157 Å². The summed E-state index contributed by atoms with van der Waals surface area (Å²) in [5, 5.41) is 21.0. The third-order valence-electron chi connectivity index (χ3n) is 4.01. The molecule has 0 aromatic heterocycles. The molecule has 1 aromatic rings. The predicted molar refractivity (Wildman–Crippen MR) is 96.9 cm³/mol. The predicted octanol–water partition coefficient (Wildman–Crippen LogP) is 3.27. The van der Waals surface area contributed by atoms with E-state index in [0.29, 0.717) is 11.3 Å². The minimum absolute atomic E-state index is 0.0399. The van der Waals surface area contributed by atoms with Crippen molar-refractivity contribution in [3.63, 3.8) is 0 Å². The van der Waals surface area contributed by atoms with Gasteiger partial charge in [0.15, 0.2) is 0 Å². The second kappa shape index (κ2) is 7.50. The molecule has 0 saturated heterocycles. The van der Waals surface area contributed by atoms with Gasteiger partial charge in [0.1, 0.15) is 11.3 Å². The highest BCUT2D eigenvalue weighted by molar-refractivity contribution is 5.92. The Kier molecular flexibility index (Phi) is 5.55. The van der Waals surface area contributed by atoms with Gasteiger partial charge in [-0.2, -0.15) is 5.26 Å². The average Bonchev–Trinajstić information content (AvgIpc) is 2.60. The maximum absolute atomic E-state index is 12.5. The van der Waals surface area contributed by atoms with Crippen LogP contribution in [0.15, 0.2) is 47.1 Å². The van der Waals surface area contributed by atoms with Crippen molar-refractivity contribution in [3.8, 4) is 6.07 Å². The van der Waals surface area contributed by atoms with E-state index in [0.717, 1.165) is 0 Å². The zero-order valence-electron chi connectivity index (χ0n) is 15.6. The van der Waals surface area contributed by atoms with E-state index in [1.165, 1.54) is 18.2 Å². The van der Waals surface area contributed by atoms with Crippen molar-refractivity contribution < 1.29 is 19.2 Å². The van der Waals surface area contributed by atoms with E-state index in [1.54, 1.807) is 13.0 Å². The van der Waals surface area contributed by atoms with Gasteiger partial charge < -0.3 is 15.2 Å². The van der Waals surface area contributed by atoms with Crippen LogP contribution >= 0.6 is 0 Å². The molecule has 0 amide bonds. The molecule has 1 unspecified atom stereocenters. The van der Waals surface area contributed by atoms with Crippen LogP contribution in [0.2, 0.25) is 0 Å². The number of allylic oxidation sites excluding steroid dienone is 2. The molecule has 8 nitrogen and oxygen atoms in total. The molecular formula is C19H21N3O5. The lowest BCUT2D eigenvalue weighted by atomic mass is 9.78. The zero-order chi connectivity index (χ0) is 20.4. The Hall–Kier alpha value is -3.34. The molecule has 0 spiro atoms. The van der Waals surface area contributed by atoms with Gasteiger partial charge >= 0.3 is 5.97 Å². The standard InChI is InChI=1S/C19H21N3O5/c1-5-26-18(23)15-14(11-7-6-8-12(9-11)22(24)25)13(10-20)16(19(2,3)4)27-17(15)21/h6-9,14H,5,21H2,1-4H3. The third kappa shape index (κ3) is 3.92. The third-order valence-corrected chi connectivity index (χ3v) is 4.01. The fourth-order valence-electron chi connectivity index (χ4n) is 2.89. The van der Waals surface area contributed by atoms with E-state index in [2.05, 4.69) is 6.07 Å². The van der Waals surface area contributed by atoms with Crippen molar-refractivity contribution in [1.82, 2.24) is 0 Å². The number of hydrogen-bond donors (Lipinski definition) is 1. The van der Waals surface area contributed by atoms with Gasteiger partial charge in [-0.05, 0) is 12.5 Å². The van der Waals surface area contributed by atoms with E-state index in [-0.39, 0.29) is 29.3 Å². The summed E-state index contributed by atoms with van der Waals surface area (Å²) in [6, 6.07) is 7.84. The maximum atomic E-state index is 12.5. The zero-order valence-corrected chi connectivity index (χ0v) is 15.6. The molecule has 1 aliphatic heterocycles. The fraction of sp³-hybridized carbons (Fsp3) is 0.368. The quantitative estimate of drug-likeness (QED) is 0.488. The Morgan fingerprint density at radius 3 is 2.63 bits per heavy atom. The Balaban J connectivity index is 2.77. The molecule has 0 saturated carbocycles. The van der Waals surface area contributed by atoms with Gasteiger partial charge in [0, 0.05) is 17.5 Å². The Morgan fingerprint density at radius 2 is 2.11 bits per heavy atom. The highest BCUT2D eigenvalue weighted by Crippen LogP contribution is 2.45. The van der Waals surface area contributed by atoms with Crippen molar-refractivity contribution in [2.24, 2.45) is 11.1 Å². The van der Waals surface area contributed by atoms with Crippen LogP contribution in [0.25, 0.3) is 0 Å². The molecule has 1 aromatic carbocycles. The van der Waals surface area contributed by atoms with Gasteiger partial charge in [0.05, 0.1) is 29.1 Å². The first kappa shape index (κ1) is 20.0. The van der Waals surface area contributed by atoms with Gasteiger partial charge in [-0.25, -0.2) is 4.79 Å². The largest absolute Gasteiger partial charge is 0.462 e. The summed E-state index contributed by atoms with van der Waals surface area (Å²) in [5.41, 5.74) is 5.80. The second-order valence-corrected chi connectivity index (χ2v) is 6.99. The number of esters is 1. The lowest BCUT2D eigenvalue weighted by Crippen LogP contribution is -2.30. The molecule has 0 fully saturated rings.